The zero-order valence-electron chi connectivity index (χ0n) is 11.8. The van der Waals surface area contributed by atoms with Crippen molar-refractivity contribution in [3.05, 3.63) is 10.4 Å². The fourth-order valence-electron chi connectivity index (χ4n) is 1.83. The normalized spacial score (nSPS) is 14.0. The first-order valence-corrected chi connectivity index (χ1v) is 7.48. The molecular weight excluding hydrogens is 294 g/mol. The molecule has 8 heteroatoms. The van der Waals surface area contributed by atoms with E-state index in [1.807, 2.05) is 0 Å². The van der Waals surface area contributed by atoms with Crippen molar-refractivity contribution in [3.63, 3.8) is 0 Å². The molecular formula is C13H19N3O4S. The Bertz CT molecular complexity index is 540. The molecule has 5 N–H and O–H groups in total. The van der Waals surface area contributed by atoms with E-state index in [-0.39, 0.29) is 16.1 Å². The number of carbonyl (C=O) groups is 2. The standard InChI is InChI=1S/C13H19N3O4S/c1-19-13(18)10-9(14)8(11(15)17)12(21-10)16-4-5-20-6-7-2-3-7/h7,16H,2-6,14H2,1H3,(H2,15,17). The number of esters is 1. The summed E-state index contributed by atoms with van der Waals surface area (Å²) in [7, 11) is 1.25. The summed E-state index contributed by atoms with van der Waals surface area (Å²) < 4.78 is 10.1. The van der Waals surface area contributed by atoms with Crippen molar-refractivity contribution in [3.8, 4) is 0 Å². The van der Waals surface area contributed by atoms with Crippen molar-refractivity contribution in [1.82, 2.24) is 0 Å². The Morgan fingerprint density at radius 1 is 1.43 bits per heavy atom. The predicted molar refractivity (Wildman–Crippen MR) is 80.6 cm³/mol. The molecule has 0 saturated heterocycles. The second kappa shape index (κ2) is 6.77. The molecule has 1 aliphatic rings. The van der Waals surface area contributed by atoms with E-state index in [2.05, 4.69) is 10.1 Å². The molecule has 1 fully saturated rings. The molecule has 1 aliphatic carbocycles. The van der Waals surface area contributed by atoms with Crippen LogP contribution >= 0.6 is 11.3 Å². The highest BCUT2D eigenvalue weighted by atomic mass is 32.1. The van der Waals surface area contributed by atoms with Crippen molar-refractivity contribution in [2.24, 2.45) is 11.7 Å². The van der Waals surface area contributed by atoms with Crippen LogP contribution in [-0.2, 0) is 9.47 Å². The van der Waals surface area contributed by atoms with Crippen LogP contribution in [0.4, 0.5) is 10.7 Å². The minimum absolute atomic E-state index is 0.0562. The van der Waals surface area contributed by atoms with Gasteiger partial charge in [0.2, 0.25) is 0 Å². The van der Waals surface area contributed by atoms with Gasteiger partial charge in [-0.25, -0.2) is 4.79 Å². The number of thiophene rings is 1. The maximum absolute atomic E-state index is 11.6. The lowest BCUT2D eigenvalue weighted by Gasteiger charge is -2.06. The molecule has 0 unspecified atom stereocenters. The van der Waals surface area contributed by atoms with Gasteiger partial charge in [0.25, 0.3) is 5.91 Å². The number of nitrogens with one attached hydrogen (secondary N) is 1. The number of nitrogens with two attached hydrogens (primary N) is 2. The van der Waals surface area contributed by atoms with Crippen LogP contribution in [0.1, 0.15) is 32.9 Å². The van der Waals surface area contributed by atoms with E-state index in [4.69, 9.17) is 16.2 Å². The zero-order chi connectivity index (χ0) is 15.4. The number of hydrogen-bond acceptors (Lipinski definition) is 7. The summed E-state index contributed by atoms with van der Waals surface area (Å²) in [6.45, 7) is 1.79. The Balaban J connectivity index is 1.98. The van der Waals surface area contributed by atoms with Gasteiger partial charge >= 0.3 is 5.97 Å². The van der Waals surface area contributed by atoms with Gasteiger partial charge in [-0.05, 0) is 18.8 Å². The van der Waals surface area contributed by atoms with Crippen LogP contribution in [0.2, 0.25) is 0 Å². The lowest BCUT2D eigenvalue weighted by Crippen LogP contribution is -2.17. The van der Waals surface area contributed by atoms with Gasteiger partial charge in [-0.1, -0.05) is 0 Å². The van der Waals surface area contributed by atoms with Gasteiger partial charge in [0.15, 0.2) is 0 Å². The van der Waals surface area contributed by atoms with Crippen molar-refractivity contribution in [1.29, 1.82) is 0 Å². The highest BCUT2D eigenvalue weighted by Gasteiger charge is 2.24. The molecule has 0 aromatic carbocycles. The molecule has 116 valence electrons. The van der Waals surface area contributed by atoms with Crippen LogP contribution in [0.25, 0.3) is 0 Å². The molecule has 0 radical (unpaired) electrons. The van der Waals surface area contributed by atoms with Crippen LogP contribution in [0.3, 0.4) is 0 Å². The van der Waals surface area contributed by atoms with E-state index < -0.39 is 11.9 Å². The summed E-state index contributed by atoms with van der Waals surface area (Å²) >= 11 is 1.06. The molecule has 1 heterocycles. The Labute approximate surface area is 126 Å². The van der Waals surface area contributed by atoms with E-state index in [1.165, 1.54) is 20.0 Å². The minimum Gasteiger partial charge on any atom is -0.465 e. The number of ether oxygens (including phenoxy) is 2. The predicted octanol–water partition coefficient (Wildman–Crippen LogP) is 1.05. The zero-order valence-corrected chi connectivity index (χ0v) is 12.6. The number of carbonyl (C=O) groups excluding carboxylic acids is 2. The third-order valence-electron chi connectivity index (χ3n) is 3.14. The second-order valence-electron chi connectivity index (χ2n) is 4.85. The first kappa shape index (κ1) is 15.6. The largest absolute Gasteiger partial charge is 0.465 e. The number of anilines is 2. The fourth-order valence-corrected chi connectivity index (χ4v) is 2.90. The summed E-state index contributed by atoms with van der Waals surface area (Å²) in [5.41, 5.74) is 11.3. The highest BCUT2D eigenvalue weighted by Crippen LogP contribution is 2.35. The van der Waals surface area contributed by atoms with Gasteiger partial charge < -0.3 is 26.3 Å². The molecule has 0 atom stereocenters. The molecule has 0 spiro atoms. The summed E-state index contributed by atoms with van der Waals surface area (Å²) in [4.78, 5) is 23.2. The monoisotopic (exact) mass is 313 g/mol. The second-order valence-corrected chi connectivity index (χ2v) is 5.87. The molecule has 1 aromatic heterocycles. The van der Waals surface area contributed by atoms with Gasteiger partial charge in [-0.15, -0.1) is 11.3 Å². The van der Waals surface area contributed by atoms with Crippen LogP contribution in [-0.4, -0.2) is 38.7 Å². The fraction of sp³-hybridized carbons (Fsp3) is 0.538. The maximum atomic E-state index is 11.6. The summed E-state index contributed by atoms with van der Waals surface area (Å²) in [6.07, 6.45) is 2.48. The van der Waals surface area contributed by atoms with Crippen molar-refractivity contribution >= 4 is 33.9 Å². The molecule has 0 aliphatic heterocycles. The van der Waals surface area contributed by atoms with Gasteiger partial charge in [0.05, 0.1) is 25.0 Å². The first-order chi connectivity index (χ1) is 10.0. The molecule has 21 heavy (non-hydrogen) atoms. The van der Waals surface area contributed by atoms with E-state index in [0.717, 1.165) is 17.9 Å². The molecule has 0 bridgehead atoms. The lowest BCUT2D eigenvalue weighted by atomic mass is 10.2. The SMILES string of the molecule is COC(=O)c1sc(NCCOCC2CC2)c(C(N)=O)c1N. The van der Waals surface area contributed by atoms with Crippen molar-refractivity contribution < 1.29 is 19.1 Å². The lowest BCUT2D eigenvalue weighted by molar-refractivity contribution is 0.0607. The summed E-state index contributed by atoms with van der Waals surface area (Å²) in [5, 5.41) is 3.50. The van der Waals surface area contributed by atoms with Gasteiger partial charge in [-0.3, -0.25) is 4.79 Å². The van der Waals surface area contributed by atoms with Crippen LogP contribution in [0.5, 0.6) is 0 Å². The van der Waals surface area contributed by atoms with Crippen molar-refractivity contribution in [2.75, 3.05) is 37.9 Å². The van der Waals surface area contributed by atoms with Crippen LogP contribution < -0.4 is 16.8 Å². The smallest absolute Gasteiger partial charge is 0.350 e. The minimum atomic E-state index is -0.680. The quantitative estimate of drug-likeness (QED) is 0.488. The number of nitrogen functional groups attached to an aromatic ring is 1. The maximum Gasteiger partial charge on any atom is 0.350 e. The number of methoxy groups -OCH3 is 1. The van der Waals surface area contributed by atoms with E-state index >= 15 is 0 Å². The Morgan fingerprint density at radius 3 is 2.71 bits per heavy atom. The van der Waals surface area contributed by atoms with Gasteiger partial charge in [-0.2, -0.15) is 0 Å². The Hall–Kier alpha value is -1.80. The topological polar surface area (TPSA) is 117 Å². The third kappa shape index (κ3) is 3.85. The molecule has 2 rings (SSSR count). The highest BCUT2D eigenvalue weighted by molar-refractivity contribution is 7.19. The Morgan fingerprint density at radius 2 is 2.14 bits per heavy atom. The molecule has 1 saturated carbocycles. The van der Waals surface area contributed by atoms with Gasteiger partial charge in [0, 0.05) is 13.2 Å². The van der Waals surface area contributed by atoms with E-state index in [1.54, 1.807) is 0 Å². The van der Waals surface area contributed by atoms with Crippen LogP contribution in [0, 0.1) is 5.92 Å². The first-order valence-electron chi connectivity index (χ1n) is 6.66. The van der Waals surface area contributed by atoms with E-state index in [9.17, 15) is 9.59 Å². The van der Waals surface area contributed by atoms with Crippen molar-refractivity contribution in [2.45, 2.75) is 12.8 Å². The Kier molecular flexibility index (Phi) is 5.03. The third-order valence-corrected chi connectivity index (χ3v) is 4.29. The molecule has 1 amide bonds. The van der Waals surface area contributed by atoms with E-state index in [0.29, 0.717) is 24.1 Å². The number of hydrogen-bond donors (Lipinski definition) is 3. The summed E-state index contributed by atoms with van der Waals surface area (Å²) in [5.74, 6) is -0.562. The van der Waals surface area contributed by atoms with Gasteiger partial charge in [0.1, 0.15) is 9.88 Å². The van der Waals surface area contributed by atoms with Crippen LogP contribution in [0.15, 0.2) is 0 Å². The average molecular weight is 313 g/mol. The number of amides is 1. The average Bonchev–Trinajstić information content (AvgIpc) is 3.20. The number of rotatable bonds is 8. The molecule has 1 aromatic rings. The number of primary amides is 1. The molecule has 7 nitrogen and oxygen atoms in total. The summed E-state index contributed by atoms with van der Waals surface area (Å²) in [6, 6.07) is 0.